The van der Waals surface area contributed by atoms with Crippen molar-refractivity contribution in [1.82, 2.24) is 9.47 Å². The highest BCUT2D eigenvalue weighted by atomic mass is 16.6. The first-order valence-corrected chi connectivity index (χ1v) is 9.45. The summed E-state index contributed by atoms with van der Waals surface area (Å²) in [5, 5.41) is 22.1. The molecule has 1 aliphatic heterocycles. The van der Waals surface area contributed by atoms with Crippen molar-refractivity contribution >= 4 is 5.69 Å². The summed E-state index contributed by atoms with van der Waals surface area (Å²) in [5.41, 5.74) is 3.76. The summed E-state index contributed by atoms with van der Waals surface area (Å²) in [4.78, 5) is 13.6. The fraction of sp³-hybridized carbons (Fsp3) is 0.273. The molecule has 144 valence electrons. The van der Waals surface area contributed by atoms with Gasteiger partial charge in [-0.15, -0.1) is 0 Å². The minimum atomic E-state index is -0.310. The molecule has 1 unspecified atom stereocenters. The predicted molar refractivity (Wildman–Crippen MR) is 107 cm³/mol. The zero-order chi connectivity index (χ0) is 19.7. The van der Waals surface area contributed by atoms with Gasteiger partial charge in [0.1, 0.15) is 5.75 Å². The molecular formula is C22H23N3O3. The summed E-state index contributed by atoms with van der Waals surface area (Å²) >= 11 is 0. The van der Waals surface area contributed by atoms with E-state index in [4.69, 9.17) is 0 Å². The van der Waals surface area contributed by atoms with E-state index in [0.717, 1.165) is 36.3 Å². The van der Waals surface area contributed by atoms with Crippen molar-refractivity contribution in [3.63, 3.8) is 0 Å². The van der Waals surface area contributed by atoms with Gasteiger partial charge >= 0.3 is 0 Å². The van der Waals surface area contributed by atoms with Gasteiger partial charge < -0.3 is 9.67 Å². The third-order valence-electron chi connectivity index (χ3n) is 5.39. The number of benzene rings is 2. The fourth-order valence-corrected chi connectivity index (χ4v) is 4.11. The minimum Gasteiger partial charge on any atom is -0.508 e. The predicted octanol–water partition coefficient (Wildman–Crippen LogP) is 4.41. The van der Waals surface area contributed by atoms with Crippen LogP contribution in [0.1, 0.15) is 34.8 Å². The van der Waals surface area contributed by atoms with Gasteiger partial charge in [-0.3, -0.25) is 15.0 Å². The molecule has 0 radical (unpaired) electrons. The van der Waals surface area contributed by atoms with Crippen molar-refractivity contribution in [2.75, 3.05) is 6.54 Å². The molecule has 1 aliphatic rings. The number of nitro groups is 1. The molecule has 2 aromatic carbocycles. The Kier molecular flexibility index (Phi) is 4.88. The molecule has 0 saturated carbocycles. The number of fused-ring (bicyclic) bond motifs is 1. The number of phenolic OH excluding ortho intramolecular Hbond substituents is 1. The normalized spacial score (nSPS) is 17.1. The monoisotopic (exact) mass is 377 g/mol. The molecule has 0 spiro atoms. The molecule has 1 N–H and O–H groups in total. The highest BCUT2D eigenvalue weighted by molar-refractivity contribution is 5.46. The Morgan fingerprint density at radius 1 is 1.14 bits per heavy atom. The lowest BCUT2D eigenvalue weighted by Crippen LogP contribution is -2.30. The number of hydrogen-bond acceptors (Lipinski definition) is 4. The van der Waals surface area contributed by atoms with Crippen LogP contribution in [-0.4, -0.2) is 26.0 Å². The van der Waals surface area contributed by atoms with Crippen molar-refractivity contribution in [3.8, 4) is 5.75 Å². The number of nitrogens with zero attached hydrogens (tertiary/aromatic N) is 3. The van der Waals surface area contributed by atoms with E-state index in [1.165, 1.54) is 0 Å². The van der Waals surface area contributed by atoms with Gasteiger partial charge in [0.25, 0.3) is 5.69 Å². The average Bonchev–Trinajstić information content (AvgIpc) is 3.06. The van der Waals surface area contributed by atoms with Gasteiger partial charge in [0.2, 0.25) is 0 Å². The molecule has 0 amide bonds. The molecule has 3 aromatic rings. The lowest BCUT2D eigenvalue weighted by molar-refractivity contribution is -0.385. The van der Waals surface area contributed by atoms with Gasteiger partial charge in [-0.25, -0.2) is 0 Å². The summed E-state index contributed by atoms with van der Waals surface area (Å²) in [6.07, 6.45) is 2.97. The smallest absolute Gasteiger partial charge is 0.274 e. The number of phenols is 1. The van der Waals surface area contributed by atoms with E-state index in [9.17, 15) is 15.2 Å². The molecule has 6 nitrogen and oxygen atoms in total. The SMILES string of the molecule is Cc1ccc(O)c(CN2CCCn3cccc3C2c2ccccc2[N+](=O)[O-])c1. The standard InChI is InChI=1S/C22H23N3O3/c1-16-9-10-21(26)17(14-16)15-24-13-5-12-23-11-4-8-20(23)22(24)18-6-2-3-7-19(18)25(27)28/h2-4,6-11,14,22,26H,5,12-13,15H2,1H3. The second kappa shape index (κ2) is 7.48. The van der Waals surface area contributed by atoms with Gasteiger partial charge in [0.15, 0.2) is 0 Å². The van der Waals surface area contributed by atoms with Gasteiger partial charge in [-0.1, -0.05) is 35.9 Å². The number of aryl methyl sites for hydroxylation is 2. The lowest BCUT2D eigenvalue weighted by Gasteiger charge is -2.30. The minimum absolute atomic E-state index is 0.126. The van der Waals surface area contributed by atoms with Crippen LogP contribution in [0.25, 0.3) is 0 Å². The number of aromatic hydroxyl groups is 1. The maximum Gasteiger partial charge on any atom is 0.274 e. The van der Waals surface area contributed by atoms with Gasteiger partial charge in [-0.2, -0.15) is 0 Å². The maximum atomic E-state index is 11.7. The zero-order valence-corrected chi connectivity index (χ0v) is 15.8. The molecule has 4 rings (SSSR count). The third kappa shape index (κ3) is 3.39. The van der Waals surface area contributed by atoms with Gasteiger partial charge in [-0.05, 0) is 31.5 Å². The van der Waals surface area contributed by atoms with Crippen molar-refractivity contribution in [1.29, 1.82) is 0 Å². The van der Waals surface area contributed by atoms with E-state index in [-0.39, 0.29) is 22.4 Å². The van der Waals surface area contributed by atoms with E-state index in [1.54, 1.807) is 18.2 Å². The van der Waals surface area contributed by atoms with Crippen LogP contribution >= 0.6 is 0 Å². The van der Waals surface area contributed by atoms with E-state index in [2.05, 4.69) is 9.47 Å². The molecule has 0 saturated heterocycles. The summed E-state index contributed by atoms with van der Waals surface area (Å²) in [6.45, 7) is 4.17. The Morgan fingerprint density at radius 2 is 1.96 bits per heavy atom. The highest BCUT2D eigenvalue weighted by Gasteiger charge is 2.32. The largest absolute Gasteiger partial charge is 0.508 e. The van der Waals surface area contributed by atoms with Crippen molar-refractivity contribution < 1.29 is 10.0 Å². The van der Waals surface area contributed by atoms with Crippen LogP contribution in [0.4, 0.5) is 5.69 Å². The van der Waals surface area contributed by atoms with E-state index in [0.29, 0.717) is 12.1 Å². The molecule has 0 bridgehead atoms. The van der Waals surface area contributed by atoms with Crippen molar-refractivity contribution in [3.05, 3.63) is 93.3 Å². The Morgan fingerprint density at radius 3 is 2.79 bits per heavy atom. The first kappa shape index (κ1) is 18.3. The van der Waals surface area contributed by atoms with Crippen LogP contribution in [0.15, 0.2) is 60.8 Å². The number of nitro benzene ring substituents is 1. The Labute approximate surface area is 163 Å². The van der Waals surface area contributed by atoms with Gasteiger partial charge in [0.05, 0.1) is 16.5 Å². The van der Waals surface area contributed by atoms with Crippen LogP contribution in [0.3, 0.4) is 0 Å². The number of para-hydroxylation sites is 1. The van der Waals surface area contributed by atoms with Crippen molar-refractivity contribution in [2.24, 2.45) is 0 Å². The topological polar surface area (TPSA) is 71.5 Å². The van der Waals surface area contributed by atoms with Crippen LogP contribution in [-0.2, 0) is 13.1 Å². The summed E-state index contributed by atoms with van der Waals surface area (Å²) < 4.78 is 2.18. The first-order chi connectivity index (χ1) is 13.5. The quantitative estimate of drug-likeness (QED) is 0.540. The fourth-order valence-electron chi connectivity index (χ4n) is 4.11. The Balaban J connectivity index is 1.83. The summed E-state index contributed by atoms with van der Waals surface area (Å²) in [7, 11) is 0. The molecule has 6 heteroatoms. The molecule has 2 heterocycles. The Bertz CT molecular complexity index is 1010. The lowest BCUT2D eigenvalue weighted by atomic mass is 9.99. The van der Waals surface area contributed by atoms with E-state index in [1.807, 2.05) is 49.5 Å². The molecule has 28 heavy (non-hydrogen) atoms. The van der Waals surface area contributed by atoms with Crippen LogP contribution in [0.5, 0.6) is 5.75 Å². The molecular weight excluding hydrogens is 354 g/mol. The number of hydrogen-bond donors (Lipinski definition) is 1. The van der Waals surface area contributed by atoms with Crippen LogP contribution < -0.4 is 0 Å². The highest BCUT2D eigenvalue weighted by Crippen LogP contribution is 2.38. The third-order valence-corrected chi connectivity index (χ3v) is 5.39. The average molecular weight is 377 g/mol. The van der Waals surface area contributed by atoms with E-state index < -0.39 is 0 Å². The van der Waals surface area contributed by atoms with Crippen molar-refractivity contribution in [2.45, 2.75) is 32.5 Å². The molecule has 1 aromatic heterocycles. The second-order valence-corrected chi connectivity index (χ2v) is 7.30. The maximum absolute atomic E-state index is 11.7. The number of rotatable bonds is 4. The number of aromatic nitrogens is 1. The summed E-state index contributed by atoms with van der Waals surface area (Å²) in [5.74, 6) is 0.256. The summed E-state index contributed by atoms with van der Waals surface area (Å²) in [6, 6.07) is 16.3. The van der Waals surface area contributed by atoms with Gasteiger partial charge in [0, 0.05) is 43.2 Å². The molecule has 0 fully saturated rings. The van der Waals surface area contributed by atoms with Crippen LogP contribution in [0, 0.1) is 17.0 Å². The zero-order valence-electron chi connectivity index (χ0n) is 15.8. The first-order valence-electron chi connectivity index (χ1n) is 9.45. The molecule has 0 aliphatic carbocycles. The van der Waals surface area contributed by atoms with E-state index >= 15 is 0 Å². The second-order valence-electron chi connectivity index (χ2n) is 7.30. The Hall–Kier alpha value is -3.12. The van der Waals surface area contributed by atoms with Crippen LogP contribution in [0.2, 0.25) is 0 Å². The molecule has 1 atom stereocenters.